The molecule has 2 N–H and O–H groups in total. The third kappa shape index (κ3) is 6.18. The van der Waals surface area contributed by atoms with Crippen molar-refractivity contribution in [2.45, 2.75) is 0 Å². The van der Waals surface area contributed by atoms with Crippen LogP contribution in [-0.2, 0) is 9.73 Å². The first-order valence-electron chi connectivity index (χ1n) is 10.8. The van der Waals surface area contributed by atoms with Gasteiger partial charge in [-0.3, -0.25) is 0 Å². The molecule has 0 saturated carbocycles. The van der Waals surface area contributed by atoms with E-state index in [1.54, 1.807) is 30.7 Å². The van der Waals surface area contributed by atoms with Crippen LogP contribution in [0, 0.1) is 11.3 Å². The lowest BCUT2D eigenvalue weighted by molar-refractivity contribution is 0.313. The van der Waals surface area contributed by atoms with E-state index in [0.717, 1.165) is 31.9 Å². The number of nitriles is 1. The molecule has 0 atom stereocenters. The van der Waals surface area contributed by atoms with Crippen molar-refractivity contribution >= 4 is 44.5 Å². The second-order valence-electron chi connectivity index (χ2n) is 8.31. The molecule has 3 aromatic rings. The number of rotatable bonds is 6. The monoisotopic (exact) mass is 477 g/mol. The molecule has 1 fully saturated rings. The van der Waals surface area contributed by atoms with Crippen LogP contribution in [0.4, 0.5) is 34.8 Å². The summed E-state index contributed by atoms with van der Waals surface area (Å²) in [5.41, 5.74) is 2.30. The first-order valence-corrected chi connectivity index (χ1v) is 13.1. The Labute approximate surface area is 199 Å². The van der Waals surface area contributed by atoms with Crippen molar-refractivity contribution in [2.75, 3.05) is 61.3 Å². The van der Waals surface area contributed by atoms with Crippen LogP contribution in [0.15, 0.2) is 53.0 Å². The van der Waals surface area contributed by atoms with Gasteiger partial charge in [-0.25, -0.2) is 14.2 Å². The topological polar surface area (TPSA) is 122 Å². The standard InChI is InChI=1S/C23H27N9OS/c1-31-11-13-32(14-12-31)19-9-7-18(8-10-19)26-23-25-16-17(15-24)22(29-23)28-20-5-4-6-21(27-20)30-34(2,3)33/h4-10,16H,11-14H2,1-3H3,(H2,25,26,27,28,29). The number of hydrogen-bond acceptors (Lipinski definition) is 10. The predicted molar refractivity (Wildman–Crippen MR) is 136 cm³/mol. The molecule has 34 heavy (non-hydrogen) atoms. The second-order valence-corrected chi connectivity index (χ2v) is 10.9. The Morgan fingerprint density at radius 1 is 1.03 bits per heavy atom. The van der Waals surface area contributed by atoms with E-state index in [0.29, 0.717) is 23.4 Å². The number of nitrogens with zero attached hydrogens (tertiary/aromatic N) is 7. The van der Waals surface area contributed by atoms with Crippen LogP contribution in [0.1, 0.15) is 5.56 Å². The lowest BCUT2D eigenvalue weighted by Crippen LogP contribution is -2.44. The number of anilines is 5. The number of hydrogen-bond donors (Lipinski definition) is 2. The molecule has 10 nitrogen and oxygen atoms in total. The number of nitrogens with one attached hydrogen (secondary N) is 2. The van der Waals surface area contributed by atoms with Gasteiger partial charge in [-0.2, -0.15) is 14.6 Å². The third-order valence-corrected chi connectivity index (χ3v) is 5.82. The predicted octanol–water partition coefficient (Wildman–Crippen LogP) is 3.34. The highest BCUT2D eigenvalue weighted by molar-refractivity contribution is 7.92. The van der Waals surface area contributed by atoms with Gasteiger partial charge in [-0.15, -0.1) is 0 Å². The summed E-state index contributed by atoms with van der Waals surface area (Å²) in [6.07, 6.45) is 4.54. The molecule has 2 aromatic heterocycles. The largest absolute Gasteiger partial charge is 0.369 e. The Morgan fingerprint density at radius 2 is 1.76 bits per heavy atom. The summed E-state index contributed by atoms with van der Waals surface area (Å²) < 4.78 is 16.1. The van der Waals surface area contributed by atoms with Crippen LogP contribution in [0.25, 0.3) is 0 Å². The SMILES string of the molecule is CN1CCN(c2ccc(Nc3ncc(C#N)c(Nc4cccc(N=S(C)(C)=O)n4)n3)cc2)CC1. The van der Waals surface area contributed by atoms with E-state index >= 15 is 0 Å². The van der Waals surface area contributed by atoms with Gasteiger partial charge in [0.1, 0.15) is 17.5 Å². The fourth-order valence-corrected chi connectivity index (χ4v) is 4.01. The average Bonchev–Trinajstić information content (AvgIpc) is 2.80. The zero-order chi connectivity index (χ0) is 24.1. The van der Waals surface area contributed by atoms with Crippen LogP contribution in [0.2, 0.25) is 0 Å². The fourth-order valence-electron chi connectivity index (χ4n) is 3.46. The molecule has 176 valence electrons. The molecular weight excluding hydrogens is 450 g/mol. The number of piperazine rings is 1. The third-order valence-electron chi connectivity index (χ3n) is 5.20. The van der Waals surface area contributed by atoms with Crippen LogP contribution < -0.4 is 15.5 Å². The van der Waals surface area contributed by atoms with Gasteiger partial charge in [0.05, 0.1) is 6.20 Å². The minimum Gasteiger partial charge on any atom is -0.369 e. The second kappa shape index (κ2) is 10.0. The van der Waals surface area contributed by atoms with Crippen molar-refractivity contribution in [3.63, 3.8) is 0 Å². The van der Waals surface area contributed by atoms with Gasteiger partial charge in [0.2, 0.25) is 5.95 Å². The minimum absolute atomic E-state index is 0.273. The minimum atomic E-state index is -2.34. The Balaban J connectivity index is 1.50. The molecule has 0 radical (unpaired) electrons. The number of pyridine rings is 1. The number of benzene rings is 1. The Hall–Kier alpha value is -3.75. The maximum absolute atomic E-state index is 12.0. The molecule has 3 heterocycles. The zero-order valence-corrected chi connectivity index (χ0v) is 20.2. The van der Waals surface area contributed by atoms with Gasteiger partial charge < -0.3 is 20.4 Å². The van der Waals surface area contributed by atoms with E-state index in [1.807, 2.05) is 12.1 Å². The molecule has 0 unspecified atom stereocenters. The average molecular weight is 478 g/mol. The summed E-state index contributed by atoms with van der Waals surface area (Å²) in [5.74, 6) is 1.43. The highest BCUT2D eigenvalue weighted by Crippen LogP contribution is 2.24. The Kier molecular flexibility index (Phi) is 6.90. The molecule has 1 aliphatic rings. The summed E-state index contributed by atoms with van der Waals surface area (Å²) in [6, 6.07) is 15.4. The molecule has 1 aromatic carbocycles. The summed E-state index contributed by atoms with van der Waals surface area (Å²) in [4.78, 5) is 17.8. The lowest BCUT2D eigenvalue weighted by Gasteiger charge is -2.34. The smallest absolute Gasteiger partial charge is 0.229 e. The molecule has 0 spiro atoms. The van der Waals surface area contributed by atoms with Gasteiger partial charge >= 0.3 is 0 Å². The first-order chi connectivity index (χ1) is 16.3. The van der Waals surface area contributed by atoms with Crippen molar-refractivity contribution in [3.8, 4) is 6.07 Å². The van der Waals surface area contributed by atoms with Crippen molar-refractivity contribution in [2.24, 2.45) is 4.36 Å². The molecule has 0 aliphatic carbocycles. The summed E-state index contributed by atoms with van der Waals surface area (Å²) in [6.45, 7) is 4.12. The zero-order valence-electron chi connectivity index (χ0n) is 19.4. The van der Waals surface area contributed by atoms with Gasteiger partial charge in [0.15, 0.2) is 11.6 Å². The summed E-state index contributed by atoms with van der Waals surface area (Å²) in [5, 5.41) is 15.7. The van der Waals surface area contributed by atoms with E-state index in [4.69, 9.17) is 0 Å². The van der Waals surface area contributed by atoms with E-state index in [1.165, 1.54) is 11.9 Å². The van der Waals surface area contributed by atoms with Crippen LogP contribution >= 0.6 is 0 Å². The van der Waals surface area contributed by atoms with Crippen LogP contribution in [-0.4, -0.2) is 69.8 Å². The number of aromatic nitrogens is 3. The molecule has 4 rings (SSSR count). The van der Waals surface area contributed by atoms with E-state index in [9.17, 15) is 9.47 Å². The maximum atomic E-state index is 12.0. The van der Waals surface area contributed by atoms with Crippen LogP contribution in [0.3, 0.4) is 0 Å². The molecule has 1 aliphatic heterocycles. The lowest BCUT2D eigenvalue weighted by atomic mass is 10.2. The van der Waals surface area contributed by atoms with Crippen molar-refractivity contribution in [3.05, 3.63) is 54.2 Å². The maximum Gasteiger partial charge on any atom is 0.229 e. The molecule has 0 amide bonds. The highest BCUT2D eigenvalue weighted by atomic mass is 32.2. The molecule has 0 bridgehead atoms. The first kappa shape index (κ1) is 23.4. The molecule has 1 saturated heterocycles. The molecular formula is C23H27N9OS. The molecule has 11 heteroatoms. The fraction of sp³-hybridized carbons (Fsp3) is 0.304. The summed E-state index contributed by atoms with van der Waals surface area (Å²) >= 11 is 0. The van der Waals surface area contributed by atoms with Crippen molar-refractivity contribution < 1.29 is 4.21 Å². The quantitative estimate of drug-likeness (QED) is 0.550. The number of likely N-dealkylation sites (N-methyl/N-ethyl adjacent to an activating group) is 1. The Morgan fingerprint density at radius 3 is 2.44 bits per heavy atom. The van der Waals surface area contributed by atoms with E-state index in [-0.39, 0.29) is 5.56 Å². The van der Waals surface area contributed by atoms with E-state index in [2.05, 4.69) is 65.0 Å². The summed E-state index contributed by atoms with van der Waals surface area (Å²) in [7, 11) is -0.202. The van der Waals surface area contributed by atoms with Gasteiger partial charge in [-0.1, -0.05) is 6.07 Å². The normalized spacial score (nSPS) is 14.4. The highest BCUT2D eigenvalue weighted by Gasteiger charge is 2.14. The van der Waals surface area contributed by atoms with Crippen molar-refractivity contribution in [1.82, 2.24) is 19.9 Å². The van der Waals surface area contributed by atoms with E-state index < -0.39 is 9.73 Å². The van der Waals surface area contributed by atoms with Crippen LogP contribution in [0.5, 0.6) is 0 Å². The van der Waals surface area contributed by atoms with Gasteiger partial charge in [-0.05, 0) is 43.4 Å². The van der Waals surface area contributed by atoms with Gasteiger partial charge in [0.25, 0.3) is 0 Å². The van der Waals surface area contributed by atoms with Gasteiger partial charge in [0, 0.05) is 59.8 Å². The Bertz CT molecular complexity index is 1310. The van der Waals surface area contributed by atoms with Crippen molar-refractivity contribution in [1.29, 1.82) is 5.26 Å².